The van der Waals surface area contributed by atoms with Gasteiger partial charge in [-0.05, 0) is 53.3 Å². The molecule has 2 fully saturated rings. The Morgan fingerprint density at radius 1 is 1.44 bits per heavy atom. The summed E-state index contributed by atoms with van der Waals surface area (Å²) < 4.78 is 14.8. The summed E-state index contributed by atoms with van der Waals surface area (Å²) in [5.41, 5.74) is 7.12. The molecule has 3 aliphatic rings. The summed E-state index contributed by atoms with van der Waals surface area (Å²) in [6.07, 6.45) is 2.15. The first-order chi connectivity index (χ1) is 12.9. The van der Waals surface area contributed by atoms with Gasteiger partial charge in [0, 0.05) is 17.9 Å². The van der Waals surface area contributed by atoms with E-state index in [1.165, 1.54) is 0 Å². The fourth-order valence-corrected chi connectivity index (χ4v) is 6.28. The fraction of sp³-hybridized carbons (Fsp3) is 0.571. The van der Waals surface area contributed by atoms with Crippen LogP contribution in [-0.4, -0.2) is 35.0 Å². The van der Waals surface area contributed by atoms with Crippen LogP contribution < -0.4 is 11.1 Å². The second-order valence-corrected chi connectivity index (χ2v) is 9.35. The zero-order valence-electron chi connectivity index (χ0n) is 15.6. The summed E-state index contributed by atoms with van der Waals surface area (Å²) in [5.74, 6) is -0.102. The number of amides is 1. The molecule has 27 heavy (non-hydrogen) atoms. The highest BCUT2D eigenvalue weighted by molar-refractivity contribution is 8.03. The van der Waals surface area contributed by atoms with Crippen molar-refractivity contribution in [1.82, 2.24) is 5.32 Å². The Kier molecular flexibility index (Phi) is 5.08. The first-order valence-electron chi connectivity index (χ1n) is 9.72. The summed E-state index contributed by atoms with van der Waals surface area (Å²) in [6, 6.07) is 5.31. The molecule has 1 aromatic rings. The van der Waals surface area contributed by atoms with Gasteiger partial charge >= 0.3 is 0 Å². The molecule has 4 nitrogen and oxygen atoms in total. The first-order valence-corrected chi connectivity index (χ1v) is 10.7. The van der Waals surface area contributed by atoms with Crippen molar-refractivity contribution in [2.45, 2.75) is 49.5 Å². The number of aliphatic hydroxyl groups is 1. The predicted molar refractivity (Wildman–Crippen MR) is 106 cm³/mol. The lowest BCUT2D eigenvalue weighted by molar-refractivity contribution is -0.128. The number of nitrogens with two attached hydrogens (primary N) is 1. The van der Waals surface area contributed by atoms with E-state index in [0.29, 0.717) is 18.5 Å². The molecule has 8 atom stereocenters. The summed E-state index contributed by atoms with van der Waals surface area (Å²) >= 11 is 1.54. The maximum atomic E-state index is 14.8. The van der Waals surface area contributed by atoms with Gasteiger partial charge in [-0.2, -0.15) is 0 Å². The Hall–Kier alpha value is -1.37. The summed E-state index contributed by atoms with van der Waals surface area (Å²) in [6.45, 7) is 4.38. The van der Waals surface area contributed by atoms with E-state index in [9.17, 15) is 14.3 Å². The molecule has 4 rings (SSSR count). The van der Waals surface area contributed by atoms with Gasteiger partial charge in [0.2, 0.25) is 5.91 Å². The lowest BCUT2D eigenvalue weighted by atomic mass is 9.60. The van der Waals surface area contributed by atoms with Crippen molar-refractivity contribution >= 4 is 17.7 Å². The summed E-state index contributed by atoms with van der Waals surface area (Å²) in [4.78, 5) is 12.5. The van der Waals surface area contributed by atoms with Gasteiger partial charge in [-0.25, -0.2) is 4.39 Å². The second kappa shape index (κ2) is 7.22. The van der Waals surface area contributed by atoms with Crippen LogP contribution in [0.1, 0.15) is 43.2 Å². The molecule has 1 aromatic carbocycles. The van der Waals surface area contributed by atoms with Crippen molar-refractivity contribution in [3.63, 3.8) is 0 Å². The molecule has 146 valence electrons. The SMILES string of the molecule is CC(CN)c1ccc(C2C(O)CC(C)C3NC(=O)C4SC=CC4C32)cc1F. The quantitative estimate of drug-likeness (QED) is 0.742. The Bertz CT molecular complexity index is 771. The third-order valence-electron chi connectivity index (χ3n) is 6.65. The number of rotatable bonds is 3. The predicted octanol–water partition coefficient (Wildman–Crippen LogP) is 2.73. The van der Waals surface area contributed by atoms with Crippen LogP contribution >= 0.6 is 11.8 Å². The van der Waals surface area contributed by atoms with E-state index >= 15 is 0 Å². The molecule has 1 amide bonds. The van der Waals surface area contributed by atoms with Gasteiger partial charge in [0.25, 0.3) is 0 Å². The number of benzene rings is 1. The maximum absolute atomic E-state index is 14.8. The first kappa shape index (κ1) is 19.0. The van der Waals surface area contributed by atoms with Gasteiger partial charge in [-0.3, -0.25) is 4.79 Å². The molecule has 4 N–H and O–H groups in total. The number of halogens is 1. The van der Waals surface area contributed by atoms with E-state index in [4.69, 9.17) is 5.73 Å². The molecule has 2 heterocycles. The lowest BCUT2D eigenvalue weighted by Crippen LogP contribution is -2.62. The summed E-state index contributed by atoms with van der Waals surface area (Å²) in [7, 11) is 0. The smallest absolute Gasteiger partial charge is 0.234 e. The minimum Gasteiger partial charge on any atom is -0.392 e. The van der Waals surface area contributed by atoms with Crippen LogP contribution in [0.5, 0.6) is 0 Å². The van der Waals surface area contributed by atoms with Crippen LogP contribution in [-0.2, 0) is 4.79 Å². The third kappa shape index (κ3) is 3.12. The zero-order valence-corrected chi connectivity index (χ0v) is 16.5. The molecule has 1 aliphatic carbocycles. The average molecular weight is 391 g/mol. The topological polar surface area (TPSA) is 75.3 Å². The van der Waals surface area contributed by atoms with Gasteiger partial charge in [-0.1, -0.05) is 32.1 Å². The number of fused-ring (bicyclic) bond motifs is 3. The van der Waals surface area contributed by atoms with Gasteiger partial charge in [-0.15, -0.1) is 11.8 Å². The molecule has 6 heteroatoms. The second-order valence-electron chi connectivity index (χ2n) is 8.30. The van der Waals surface area contributed by atoms with Crippen LogP contribution in [0.2, 0.25) is 0 Å². The molecule has 0 spiro atoms. The number of nitrogens with one attached hydrogen (secondary N) is 1. The van der Waals surface area contributed by atoms with Crippen molar-refractivity contribution in [1.29, 1.82) is 0 Å². The van der Waals surface area contributed by atoms with Crippen molar-refractivity contribution in [3.8, 4) is 0 Å². The molecule has 0 radical (unpaired) electrons. The molecule has 8 unspecified atom stereocenters. The molecule has 2 aliphatic heterocycles. The average Bonchev–Trinajstić information content (AvgIpc) is 3.13. The van der Waals surface area contributed by atoms with E-state index in [0.717, 1.165) is 5.56 Å². The Morgan fingerprint density at radius 2 is 2.22 bits per heavy atom. The van der Waals surface area contributed by atoms with E-state index in [1.54, 1.807) is 23.9 Å². The van der Waals surface area contributed by atoms with Crippen molar-refractivity contribution in [2.24, 2.45) is 23.5 Å². The Morgan fingerprint density at radius 3 is 2.93 bits per heavy atom. The van der Waals surface area contributed by atoms with Crippen LogP contribution in [0, 0.1) is 23.6 Å². The van der Waals surface area contributed by atoms with Crippen LogP contribution in [0.4, 0.5) is 4.39 Å². The van der Waals surface area contributed by atoms with Gasteiger partial charge < -0.3 is 16.2 Å². The monoisotopic (exact) mass is 390 g/mol. The van der Waals surface area contributed by atoms with Crippen LogP contribution in [0.25, 0.3) is 0 Å². The van der Waals surface area contributed by atoms with Crippen molar-refractivity contribution in [2.75, 3.05) is 6.54 Å². The number of carbonyl (C=O) groups is 1. The van der Waals surface area contributed by atoms with E-state index in [1.807, 2.05) is 18.4 Å². The third-order valence-corrected chi connectivity index (χ3v) is 7.79. The zero-order chi connectivity index (χ0) is 19.3. The van der Waals surface area contributed by atoms with Gasteiger partial charge in [0.15, 0.2) is 0 Å². The summed E-state index contributed by atoms with van der Waals surface area (Å²) in [5, 5.41) is 16.0. The van der Waals surface area contributed by atoms with Crippen LogP contribution in [0.15, 0.2) is 29.7 Å². The number of allylic oxidation sites excluding steroid dienone is 1. The highest BCUT2D eigenvalue weighted by Gasteiger charge is 2.53. The number of piperidine rings is 1. The molecular formula is C21H27FN2O2S. The fourth-order valence-electron chi connectivity index (χ4n) is 5.20. The number of carbonyl (C=O) groups excluding carboxylic acids is 1. The highest BCUT2D eigenvalue weighted by atomic mass is 32.2. The molecule has 1 saturated carbocycles. The molecule has 0 aromatic heterocycles. The largest absolute Gasteiger partial charge is 0.392 e. The number of hydrogen-bond acceptors (Lipinski definition) is 4. The van der Waals surface area contributed by atoms with Gasteiger partial charge in [0.05, 0.1) is 11.4 Å². The van der Waals surface area contributed by atoms with Crippen LogP contribution in [0.3, 0.4) is 0 Å². The number of aliphatic hydroxyl groups excluding tert-OH is 1. The van der Waals surface area contributed by atoms with E-state index in [-0.39, 0.29) is 52.6 Å². The van der Waals surface area contributed by atoms with Crippen molar-refractivity contribution in [3.05, 3.63) is 46.6 Å². The van der Waals surface area contributed by atoms with Gasteiger partial charge in [0.1, 0.15) is 5.82 Å². The molecular weight excluding hydrogens is 363 g/mol. The van der Waals surface area contributed by atoms with E-state index in [2.05, 4.69) is 18.3 Å². The normalized spacial score (nSPS) is 38.9. The Labute approximate surface area is 163 Å². The lowest BCUT2D eigenvalue weighted by Gasteiger charge is -2.51. The number of thioether (sulfide) groups is 1. The molecule has 1 saturated heterocycles. The van der Waals surface area contributed by atoms with E-state index < -0.39 is 6.10 Å². The Balaban J connectivity index is 1.73. The molecule has 0 bridgehead atoms. The number of hydrogen-bond donors (Lipinski definition) is 3. The minimum absolute atomic E-state index is 0.00111. The standard InChI is InChI=1S/C21H27FN2O2S/c1-10-7-16(25)17(12-3-4-13(11(2)9-23)15(22)8-12)18-14-5-6-27-20(14)21(26)24-19(10)18/h3-6,8,10-11,14,16-20,25H,7,9,23H2,1-2H3,(H,24,26). The highest BCUT2D eigenvalue weighted by Crippen LogP contribution is 2.51. The maximum Gasteiger partial charge on any atom is 0.234 e. The minimum atomic E-state index is -0.548. The van der Waals surface area contributed by atoms with Crippen molar-refractivity contribution < 1.29 is 14.3 Å².